The van der Waals surface area contributed by atoms with Crippen molar-refractivity contribution in [3.8, 4) is 22.4 Å². The van der Waals surface area contributed by atoms with E-state index in [9.17, 15) is 4.79 Å². The first kappa shape index (κ1) is 17.1. The van der Waals surface area contributed by atoms with Gasteiger partial charge >= 0.3 is 6.09 Å². The number of carboxylic acid groups (broad SMARTS) is 1. The minimum absolute atomic E-state index is 0.457. The summed E-state index contributed by atoms with van der Waals surface area (Å²) in [6, 6.07) is 20.0. The number of pyridine rings is 1. The van der Waals surface area contributed by atoms with Crippen molar-refractivity contribution < 1.29 is 9.90 Å². The Balaban J connectivity index is 1.72. The summed E-state index contributed by atoms with van der Waals surface area (Å²) < 4.78 is 0. The number of rotatable bonds is 4. The second-order valence-corrected chi connectivity index (χ2v) is 6.97. The summed E-state index contributed by atoms with van der Waals surface area (Å²) >= 11 is 0. The van der Waals surface area contributed by atoms with Gasteiger partial charge in [-0.15, -0.1) is 0 Å². The topological polar surface area (TPSA) is 88.2 Å². The maximum Gasteiger partial charge on any atom is 0.405 e. The van der Waals surface area contributed by atoms with Crippen molar-refractivity contribution in [1.82, 2.24) is 10.3 Å². The van der Waals surface area contributed by atoms with Gasteiger partial charge in [0.05, 0.1) is 23.1 Å². The number of amides is 1. The third-order valence-electron chi connectivity index (χ3n) is 5.26. The molecule has 1 aliphatic carbocycles. The monoisotopic (exact) mass is 359 g/mol. The lowest BCUT2D eigenvalue weighted by Crippen LogP contribution is -2.50. The van der Waals surface area contributed by atoms with E-state index in [1.54, 1.807) is 6.20 Å². The Hall–Kier alpha value is -3.34. The van der Waals surface area contributed by atoms with Crippen LogP contribution in [0, 0.1) is 0 Å². The molecular formula is C22H21N3O2. The van der Waals surface area contributed by atoms with E-state index in [4.69, 9.17) is 10.8 Å². The van der Waals surface area contributed by atoms with E-state index in [2.05, 4.69) is 10.3 Å². The first-order valence-corrected chi connectivity index (χ1v) is 9.00. The van der Waals surface area contributed by atoms with E-state index in [1.165, 1.54) is 0 Å². The predicted molar refractivity (Wildman–Crippen MR) is 106 cm³/mol. The Kier molecular flexibility index (Phi) is 4.28. The van der Waals surface area contributed by atoms with E-state index in [0.29, 0.717) is 5.69 Å². The lowest BCUT2D eigenvalue weighted by Gasteiger charge is -2.42. The SMILES string of the molecule is Nc1cnc(-c2ccc(C3(NC(=O)O)CCC3)cc2)c(-c2ccccc2)c1. The summed E-state index contributed by atoms with van der Waals surface area (Å²) in [4.78, 5) is 15.7. The van der Waals surface area contributed by atoms with Gasteiger partial charge < -0.3 is 16.2 Å². The van der Waals surface area contributed by atoms with Crippen LogP contribution in [0.2, 0.25) is 0 Å². The van der Waals surface area contributed by atoms with E-state index < -0.39 is 11.6 Å². The molecule has 4 N–H and O–H groups in total. The van der Waals surface area contributed by atoms with E-state index in [0.717, 1.165) is 47.2 Å². The molecule has 0 atom stereocenters. The first-order valence-electron chi connectivity index (χ1n) is 9.00. The summed E-state index contributed by atoms with van der Waals surface area (Å²) in [5, 5.41) is 11.9. The molecule has 0 radical (unpaired) electrons. The van der Waals surface area contributed by atoms with E-state index >= 15 is 0 Å². The molecule has 3 aromatic rings. The zero-order valence-corrected chi connectivity index (χ0v) is 14.9. The molecule has 1 amide bonds. The van der Waals surface area contributed by atoms with Gasteiger partial charge in [0.25, 0.3) is 0 Å². The maximum atomic E-state index is 11.2. The molecule has 5 nitrogen and oxygen atoms in total. The van der Waals surface area contributed by atoms with Crippen molar-refractivity contribution in [3.05, 3.63) is 72.4 Å². The summed E-state index contributed by atoms with van der Waals surface area (Å²) in [6.45, 7) is 0. The second kappa shape index (κ2) is 6.76. The van der Waals surface area contributed by atoms with Gasteiger partial charge in [0, 0.05) is 11.1 Å². The van der Waals surface area contributed by atoms with Crippen LogP contribution in [0.5, 0.6) is 0 Å². The highest BCUT2D eigenvalue weighted by Crippen LogP contribution is 2.42. The summed E-state index contributed by atoms with van der Waals surface area (Å²) in [5.74, 6) is 0. The van der Waals surface area contributed by atoms with Gasteiger partial charge in [-0.25, -0.2) is 4.79 Å². The molecule has 4 rings (SSSR count). The van der Waals surface area contributed by atoms with Crippen LogP contribution in [-0.2, 0) is 5.54 Å². The highest BCUT2D eigenvalue weighted by Gasteiger charge is 2.40. The maximum absolute atomic E-state index is 11.2. The van der Waals surface area contributed by atoms with Gasteiger partial charge in [-0.05, 0) is 36.5 Å². The quantitative estimate of drug-likeness (QED) is 0.633. The molecule has 136 valence electrons. The standard InChI is InChI=1S/C22H21N3O2/c23-18-13-19(15-5-2-1-3-6-15)20(24-14-18)16-7-9-17(10-8-16)22(11-4-12-22)25-21(26)27/h1-3,5-10,13-14,25H,4,11-12,23H2,(H,26,27). The van der Waals surface area contributed by atoms with Crippen LogP contribution in [0.1, 0.15) is 24.8 Å². The molecule has 0 saturated heterocycles. The summed E-state index contributed by atoms with van der Waals surface area (Å²) in [5.41, 5.74) is 11.0. The number of nitrogens with zero attached hydrogens (tertiary/aromatic N) is 1. The predicted octanol–water partition coefficient (Wildman–Crippen LogP) is 4.64. The Bertz CT molecular complexity index is 965. The first-order chi connectivity index (χ1) is 13.1. The van der Waals surface area contributed by atoms with Crippen LogP contribution in [0.4, 0.5) is 10.5 Å². The molecule has 0 spiro atoms. The zero-order chi connectivity index (χ0) is 18.9. The number of carbonyl (C=O) groups is 1. The molecule has 0 unspecified atom stereocenters. The van der Waals surface area contributed by atoms with Gasteiger partial charge in [-0.1, -0.05) is 54.6 Å². The number of nitrogens with two attached hydrogens (primary N) is 1. The second-order valence-electron chi connectivity index (χ2n) is 6.97. The van der Waals surface area contributed by atoms with Crippen molar-refractivity contribution in [2.75, 3.05) is 5.73 Å². The molecule has 1 aliphatic rings. The molecular weight excluding hydrogens is 338 g/mol. The van der Waals surface area contributed by atoms with Crippen molar-refractivity contribution >= 4 is 11.8 Å². The van der Waals surface area contributed by atoms with Crippen LogP contribution < -0.4 is 11.1 Å². The zero-order valence-electron chi connectivity index (χ0n) is 14.9. The Labute approximate surface area is 157 Å². The molecule has 0 aliphatic heterocycles. The van der Waals surface area contributed by atoms with Crippen molar-refractivity contribution in [2.24, 2.45) is 0 Å². The minimum atomic E-state index is -0.981. The van der Waals surface area contributed by atoms with Crippen LogP contribution in [-0.4, -0.2) is 16.2 Å². The molecule has 1 fully saturated rings. The Morgan fingerprint density at radius 3 is 2.33 bits per heavy atom. The molecule has 5 heteroatoms. The molecule has 1 saturated carbocycles. The van der Waals surface area contributed by atoms with Crippen LogP contribution >= 0.6 is 0 Å². The highest BCUT2D eigenvalue weighted by atomic mass is 16.4. The molecule has 1 heterocycles. The van der Waals surface area contributed by atoms with Gasteiger partial charge in [0.1, 0.15) is 0 Å². The van der Waals surface area contributed by atoms with Gasteiger partial charge in [-0.2, -0.15) is 0 Å². The number of benzene rings is 2. The van der Waals surface area contributed by atoms with Crippen molar-refractivity contribution in [1.29, 1.82) is 0 Å². The minimum Gasteiger partial charge on any atom is -0.465 e. The van der Waals surface area contributed by atoms with Crippen molar-refractivity contribution in [2.45, 2.75) is 24.8 Å². The third-order valence-corrected chi connectivity index (χ3v) is 5.26. The Morgan fingerprint density at radius 1 is 1.04 bits per heavy atom. The number of aromatic nitrogens is 1. The number of hydrogen-bond acceptors (Lipinski definition) is 3. The molecule has 2 aromatic carbocycles. The number of nitrogen functional groups attached to an aromatic ring is 1. The average Bonchev–Trinajstić information content (AvgIpc) is 2.65. The van der Waals surface area contributed by atoms with Gasteiger partial charge in [0.15, 0.2) is 0 Å². The van der Waals surface area contributed by atoms with Crippen molar-refractivity contribution in [3.63, 3.8) is 0 Å². The highest BCUT2D eigenvalue weighted by molar-refractivity contribution is 5.82. The fourth-order valence-electron chi connectivity index (χ4n) is 3.72. The summed E-state index contributed by atoms with van der Waals surface area (Å²) in [6.07, 6.45) is 3.36. The lowest BCUT2D eigenvalue weighted by atomic mass is 9.71. The number of anilines is 1. The van der Waals surface area contributed by atoms with E-state index in [1.807, 2.05) is 60.7 Å². The number of nitrogens with one attached hydrogen (secondary N) is 1. The fraction of sp³-hybridized carbons (Fsp3) is 0.182. The molecule has 1 aromatic heterocycles. The van der Waals surface area contributed by atoms with Crippen LogP contribution in [0.25, 0.3) is 22.4 Å². The lowest BCUT2D eigenvalue weighted by molar-refractivity contribution is 0.144. The normalized spacial score (nSPS) is 15.0. The van der Waals surface area contributed by atoms with Gasteiger partial charge in [0.2, 0.25) is 0 Å². The van der Waals surface area contributed by atoms with Gasteiger partial charge in [-0.3, -0.25) is 4.98 Å². The van der Waals surface area contributed by atoms with Crippen LogP contribution in [0.3, 0.4) is 0 Å². The number of hydrogen-bond donors (Lipinski definition) is 3. The summed E-state index contributed by atoms with van der Waals surface area (Å²) in [7, 11) is 0. The smallest absolute Gasteiger partial charge is 0.405 e. The van der Waals surface area contributed by atoms with E-state index in [-0.39, 0.29) is 0 Å². The average molecular weight is 359 g/mol. The Morgan fingerprint density at radius 2 is 1.74 bits per heavy atom. The molecule has 27 heavy (non-hydrogen) atoms. The third kappa shape index (κ3) is 3.24. The largest absolute Gasteiger partial charge is 0.465 e. The fourth-order valence-corrected chi connectivity index (χ4v) is 3.72. The molecule has 0 bridgehead atoms. The van der Waals surface area contributed by atoms with Crippen LogP contribution in [0.15, 0.2) is 66.9 Å².